The van der Waals surface area contributed by atoms with Gasteiger partial charge in [0.25, 0.3) is 5.56 Å². The maximum atomic E-state index is 12.6. The number of hydrogen-bond acceptors (Lipinski definition) is 6. The van der Waals surface area contributed by atoms with Crippen LogP contribution in [0.15, 0.2) is 40.4 Å². The predicted molar refractivity (Wildman–Crippen MR) is 106 cm³/mol. The van der Waals surface area contributed by atoms with Crippen LogP contribution in [0, 0.1) is 11.3 Å². The van der Waals surface area contributed by atoms with Crippen molar-refractivity contribution in [3.8, 4) is 17.6 Å². The molecule has 0 saturated carbocycles. The van der Waals surface area contributed by atoms with Crippen molar-refractivity contribution in [3.05, 3.63) is 68.5 Å². The van der Waals surface area contributed by atoms with Gasteiger partial charge in [-0.05, 0) is 37.0 Å². The number of ether oxygens (including phenoxy) is 2. The standard InChI is InChI=1S/C21H23N3O5/c1-3-5-14-7-8-18(19(10-14)28-2)29-13-15(25)12-24-20(26)16(11-22)17-6-4-9-23(17)21(24)27/h3,7-8,10,15,25H,1,4-6,9,12-13H2,2H3/t15-/m1/s1. The van der Waals surface area contributed by atoms with Crippen molar-refractivity contribution in [2.24, 2.45) is 0 Å². The molecule has 1 atom stereocenters. The molecule has 29 heavy (non-hydrogen) atoms. The van der Waals surface area contributed by atoms with Gasteiger partial charge in [0.1, 0.15) is 24.3 Å². The van der Waals surface area contributed by atoms with E-state index in [0.717, 1.165) is 10.1 Å². The van der Waals surface area contributed by atoms with Crippen molar-refractivity contribution < 1.29 is 14.6 Å². The average molecular weight is 397 g/mol. The van der Waals surface area contributed by atoms with Gasteiger partial charge in [-0.1, -0.05) is 12.1 Å². The third-order valence-corrected chi connectivity index (χ3v) is 4.87. The van der Waals surface area contributed by atoms with Gasteiger partial charge in [0, 0.05) is 12.2 Å². The summed E-state index contributed by atoms with van der Waals surface area (Å²) >= 11 is 0. The van der Waals surface area contributed by atoms with Crippen LogP contribution in [0.1, 0.15) is 23.2 Å². The van der Waals surface area contributed by atoms with Crippen LogP contribution < -0.4 is 20.7 Å². The molecule has 1 aromatic carbocycles. The number of aliphatic hydroxyl groups is 1. The summed E-state index contributed by atoms with van der Waals surface area (Å²) in [5.41, 5.74) is 0.276. The van der Waals surface area contributed by atoms with E-state index in [1.807, 2.05) is 18.2 Å². The van der Waals surface area contributed by atoms with Crippen LogP contribution in [0.25, 0.3) is 0 Å². The smallest absolute Gasteiger partial charge is 0.331 e. The van der Waals surface area contributed by atoms with Crippen molar-refractivity contribution in [1.29, 1.82) is 5.26 Å². The Bertz CT molecular complexity index is 1080. The Labute approximate surface area is 167 Å². The number of allylic oxidation sites excluding steroid dienone is 1. The Morgan fingerprint density at radius 1 is 1.38 bits per heavy atom. The van der Waals surface area contributed by atoms with Gasteiger partial charge >= 0.3 is 5.69 Å². The zero-order valence-corrected chi connectivity index (χ0v) is 16.3. The van der Waals surface area contributed by atoms with E-state index >= 15 is 0 Å². The molecule has 2 aromatic rings. The first-order valence-electron chi connectivity index (χ1n) is 9.35. The van der Waals surface area contributed by atoms with Crippen LogP contribution in [-0.4, -0.2) is 34.1 Å². The topological polar surface area (TPSA) is 106 Å². The summed E-state index contributed by atoms with van der Waals surface area (Å²) in [5.74, 6) is 0.952. The molecule has 0 aliphatic carbocycles. The molecule has 1 aliphatic rings. The van der Waals surface area contributed by atoms with Crippen LogP contribution in [0.2, 0.25) is 0 Å². The molecule has 8 heteroatoms. The van der Waals surface area contributed by atoms with Crippen LogP contribution in [0.5, 0.6) is 11.5 Å². The first-order chi connectivity index (χ1) is 14.0. The van der Waals surface area contributed by atoms with Gasteiger partial charge in [0.05, 0.1) is 13.7 Å². The molecular formula is C21H23N3O5. The fraction of sp³-hybridized carbons (Fsp3) is 0.381. The van der Waals surface area contributed by atoms with E-state index in [2.05, 4.69) is 6.58 Å². The highest BCUT2D eigenvalue weighted by molar-refractivity contribution is 5.43. The molecule has 152 valence electrons. The predicted octanol–water partition coefficient (Wildman–Crippen LogP) is 1.00. The second-order valence-electron chi connectivity index (χ2n) is 6.83. The zero-order valence-electron chi connectivity index (χ0n) is 16.3. The summed E-state index contributed by atoms with van der Waals surface area (Å²) in [5, 5.41) is 19.7. The Balaban J connectivity index is 1.77. The quantitative estimate of drug-likeness (QED) is 0.666. The van der Waals surface area contributed by atoms with Crippen LogP contribution in [-0.2, 0) is 25.9 Å². The highest BCUT2D eigenvalue weighted by atomic mass is 16.5. The number of aliphatic hydroxyl groups excluding tert-OH is 1. The Kier molecular flexibility index (Phi) is 6.20. The summed E-state index contributed by atoms with van der Waals surface area (Å²) in [6.07, 6.45) is 2.58. The Morgan fingerprint density at radius 3 is 2.86 bits per heavy atom. The lowest BCUT2D eigenvalue weighted by Crippen LogP contribution is -2.44. The van der Waals surface area contributed by atoms with E-state index in [4.69, 9.17) is 9.47 Å². The lowest BCUT2D eigenvalue weighted by Gasteiger charge is -2.17. The minimum Gasteiger partial charge on any atom is -0.493 e. The third kappa shape index (κ3) is 4.10. The molecule has 0 amide bonds. The molecule has 1 aliphatic heterocycles. The largest absolute Gasteiger partial charge is 0.493 e. The summed E-state index contributed by atoms with van der Waals surface area (Å²) in [7, 11) is 1.52. The van der Waals surface area contributed by atoms with Crippen molar-refractivity contribution >= 4 is 0 Å². The Morgan fingerprint density at radius 2 is 2.17 bits per heavy atom. The molecule has 0 saturated heterocycles. The van der Waals surface area contributed by atoms with Gasteiger partial charge in [0.15, 0.2) is 11.5 Å². The number of fused-ring (bicyclic) bond motifs is 1. The molecule has 8 nitrogen and oxygen atoms in total. The maximum Gasteiger partial charge on any atom is 0.331 e. The van der Waals surface area contributed by atoms with Crippen LogP contribution in [0.3, 0.4) is 0 Å². The van der Waals surface area contributed by atoms with E-state index in [-0.39, 0.29) is 18.7 Å². The molecule has 0 fully saturated rings. The number of hydrogen-bond donors (Lipinski definition) is 1. The van der Waals surface area contributed by atoms with Crippen molar-refractivity contribution in [2.75, 3.05) is 13.7 Å². The third-order valence-electron chi connectivity index (χ3n) is 4.87. The van der Waals surface area contributed by atoms with Gasteiger partial charge in [-0.15, -0.1) is 6.58 Å². The zero-order chi connectivity index (χ0) is 21.0. The summed E-state index contributed by atoms with van der Waals surface area (Å²) in [6.45, 7) is 3.76. The number of rotatable bonds is 8. The van der Waals surface area contributed by atoms with E-state index in [9.17, 15) is 20.0 Å². The minimum atomic E-state index is -1.12. The number of nitrogens with zero attached hydrogens (tertiary/aromatic N) is 3. The van der Waals surface area contributed by atoms with E-state index < -0.39 is 17.4 Å². The average Bonchev–Trinajstić information content (AvgIpc) is 3.20. The summed E-state index contributed by atoms with van der Waals surface area (Å²) in [6, 6.07) is 7.31. The lowest BCUT2D eigenvalue weighted by molar-refractivity contribution is 0.0885. The maximum absolute atomic E-state index is 12.6. The Hall–Kier alpha value is -3.31. The highest BCUT2D eigenvalue weighted by Gasteiger charge is 2.23. The van der Waals surface area contributed by atoms with Gasteiger partial charge in [-0.25, -0.2) is 4.79 Å². The van der Waals surface area contributed by atoms with Gasteiger partial charge < -0.3 is 14.6 Å². The molecule has 0 spiro atoms. The molecule has 0 bridgehead atoms. The fourth-order valence-electron chi connectivity index (χ4n) is 3.48. The monoisotopic (exact) mass is 397 g/mol. The fourth-order valence-corrected chi connectivity index (χ4v) is 3.48. The van der Waals surface area contributed by atoms with Gasteiger partial charge in [0.2, 0.25) is 0 Å². The van der Waals surface area contributed by atoms with Crippen LogP contribution >= 0.6 is 0 Å². The highest BCUT2D eigenvalue weighted by Crippen LogP contribution is 2.28. The number of benzene rings is 1. The molecule has 0 radical (unpaired) electrons. The molecule has 0 unspecified atom stereocenters. The van der Waals surface area contributed by atoms with Gasteiger partial charge in [-0.3, -0.25) is 13.9 Å². The summed E-state index contributed by atoms with van der Waals surface area (Å²) in [4.78, 5) is 25.1. The van der Waals surface area contributed by atoms with E-state index in [0.29, 0.717) is 43.0 Å². The minimum absolute atomic E-state index is 0.0327. The molecule has 3 rings (SSSR count). The van der Waals surface area contributed by atoms with Gasteiger partial charge in [-0.2, -0.15) is 5.26 Å². The molecule has 1 N–H and O–H groups in total. The summed E-state index contributed by atoms with van der Waals surface area (Å²) < 4.78 is 13.3. The SMILES string of the molecule is C=CCc1ccc(OC[C@H](O)Cn2c(=O)c(C#N)c3n(c2=O)CCC3)c(OC)c1. The van der Waals surface area contributed by atoms with E-state index in [1.165, 1.54) is 11.7 Å². The van der Waals surface area contributed by atoms with Crippen molar-refractivity contribution in [3.63, 3.8) is 0 Å². The van der Waals surface area contributed by atoms with Crippen molar-refractivity contribution in [1.82, 2.24) is 9.13 Å². The first kappa shape index (κ1) is 20.4. The second-order valence-corrected chi connectivity index (χ2v) is 6.83. The lowest BCUT2D eigenvalue weighted by atomic mass is 10.1. The normalized spacial score (nSPS) is 13.4. The number of methoxy groups -OCH3 is 1. The van der Waals surface area contributed by atoms with Crippen LogP contribution in [0.4, 0.5) is 0 Å². The first-order valence-corrected chi connectivity index (χ1v) is 9.35. The van der Waals surface area contributed by atoms with E-state index in [1.54, 1.807) is 12.1 Å². The molecular weight excluding hydrogens is 374 g/mol. The molecule has 1 aromatic heterocycles. The number of aromatic nitrogens is 2. The number of nitriles is 1. The second kappa shape index (κ2) is 8.80. The molecule has 2 heterocycles. The van der Waals surface area contributed by atoms with Crippen molar-refractivity contribution in [2.45, 2.75) is 38.5 Å².